The molecule has 0 spiro atoms. The fraction of sp³-hybridized carbons (Fsp3) is 0.524. The van der Waals surface area contributed by atoms with Gasteiger partial charge in [0.05, 0.1) is 24.4 Å². The number of aliphatic hydroxyl groups is 1. The minimum Gasteiger partial charge on any atom is -0.406 e. The van der Waals surface area contributed by atoms with Gasteiger partial charge in [-0.05, 0) is 30.9 Å². The second kappa shape index (κ2) is 10.1. The van der Waals surface area contributed by atoms with Gasteiger partial charge in [0, 0.05) is 24.8 Å². The highest BCUT2D eigenvalue weighted by Crippen LogP contribution is 2.29. The molecule has 0 radical (unpaired) electrons. The zero-order chi connectivity index (χ0) is 22.4. The number of hydrogen-bond donors (Lipinski definition) is 3. The molecule has 1 aromatic carbocycles. The molecule has 7 nitrogen and oxygen atoms in total. The van der Waals surface area contributed by atoms with Crippen LogP contribution in [-0.2, 0) is 4.74 Å². The van der Waals surface area contributed by atoms with Crippen LogP contribution in [0.1, 0.15) is 26.7 Å². The van der Waals surface area contributed by atoms with E-state index in [1.54, 1.807) is 12.1 Å². The molecule has 2 aromatic rings. The summed E-state index contributed by atoms with van der Waals surface area (Å²) in [5.74, 6) is 0.555. The lowest BCUT2D eigenvalue weighted by molar-refractivity contribution is -0.274. The quantitative estimate of drug-likeness (QED) is 0.542. The third-order valence-corrected chi connectivity index (χ3v) is 4.94. The van der Waals surface area contributed by atoms with Crippen LogP contribution < -0.4 is 15.4 Å². The lowest BCUT2D eigenvalue weighted by Crippen LogP contribution is -2.30. The van der Waals surface area contributed by atoms with Gasteiger partial charge in [0.15, 0.2) is 0 Å². The monoisotopic (exact) mass is 440 g/mol. The summed E-state index contributed by atoms with van der Waals surface area (Å²) in [6.45, 7) is 5.07. The number of aromatic nitrogens is 2. The molecule has 0 aliphatic carbocycles. The van der Waals surface area contributed by atoms with Crippen molar-refractivity contribution in [2.75, 3.05) is 30.4 Å². The SMILES string of the molecule is CC(C)[C@H](CO)Nc1nc(NC[C@H]2CCCO2)cc(-c2cccc(OC(F)(F)F)c2)n1. The first-order valence-corrected chi connectivity index (χ1v) is 10.2. The van der Waals surface area contributed by atoms with E-state index >= 15 is 0 Å². The number of ether oxygens (including phenoxy) is 2. The standard InChI is InChI=1S/C21H27F3N4O3/c1-13(2)18(12-29)27-20-26-17(10-19(28-20)25-11-16-7-4-8-30-16)14-5-3-6-15(9-14)31-21(22,23)24/h3,5-6,9-10,13,16,18,29H,4,7-8,11-12H2,1-2H3,(H2,25,26,27,28)/t16-,18+/m1/s1. The van der Waals surface area contributed by atoms with Crippen molar-refractivity contribution in [3.05, 3.63) is 30.3 Å². The van der Waals surface area contributed by atoms with E-state index in [0.717, 1.165) is 19.4 Å². The molecular weight excluding hydrogens is 413 g/mol. The van der Waals surface area contributed by atoms with Crippen molar-refractivity contribution in [3.8, 4) is 17.0 Å². The maximum Gasteiger partial charge on any atom is 0.573 e. The number of rotatable bonds is 9. The molecule has 10 heteroatoms. The summed E-state index contributed by atoms with van der Waals surface area (Å²) >= 11 is 0. The van der Waals surface area contributed by atoms with Crippen LogP contribution in [-0.4, -0.2) is 53.3 Å². The van der Waals surface area contributed by atoms with E-state index < -0.39 is 6.36 Å². The summed E-state index contributed by atoms with van der Waals surface area (Å²) in [5.41, 5.74) is 0.859. The minimum atomic E-state index is -4.78. The Labute approximate surface area is 179 Å². The molecule has 2 atom stereocenters. The Kier molecular flexibility index (Phi) is 7.55. The Morgan fingerprint density at radius 1 is 1.26 bits per heavy atom. The zero-order valence-electron chi connectivity index (χ0n) is 17.4. The lowest BCUT2D eigenvalue weighted by atomic mass is 10.1. The molecule has 1 aromatic heterocycles. The second-order valence-corrected chi connectivity index (χ2v) is 7.73. The van der Waals surface area contributed by atoms with Gasteiger partial charge in [-0.25, -0.2) is 4.98 Å². The summed E-state index contributed by atoms with van der Waals surface area (Å²) in [5, 5.41) is 16.0. The zero-order valence-corrected chi connectivity index (χ0v) is 17.4. The predicted octanol–water partition coefficient (Wildman–Crippen LogP) is 4.06. The molecule has 0 amide bonds. The molecule has 1 saturated heterocycles. The lowest BCUT2D eigenvalue weighted by Gasteiger charge is -2.21. The van der Waals surface area contributed by atoms with Gasteiger partial charge in [-0.3, -0.25) is 0 Å². The predicted molar refractivity (Wildman–Crippen MR) is 111 cm³/mol. The van der Waals surface area contributed by atoms with E-state index in [1.165, 1.54) is 18.2 Å². The van der Waals surface area contributed by atoms with Crippen LogP contribution in [0.2, 0.25) is 0 Å². The number of alkyl halides is 3. The average Bonchev–Trinajstić information content (AvgIpc) is 3.23. The number of nitrogens with one attached hydrogen (secondary N) is 2. The van der Waals surface area contributed by atoms with Crippen molar-refractivity contribution in [1.29, 1.82) is 0 Å². The first kappa shape index (κ1) is 23.1. The molecule has 0 saturated carbocycles. The number of nitrogens with zero attached hydrogens (tertiary/aromatic N) is 2. The summed E-state index contributed by atoms with van der Waals surface area (Å²) in [6, 6.07) is 7.00. The normalized spacial score (nSPS) is 17.6. The molecule has 3 rings (SSSR count). The maximum absolute atomic E-state index is 12.6. The summed E-state index contributed by atoms with van der Waals surface area (Å²) in [6.07, 6.45) is -2.74. The fourth-order valence-corrected chi connectivity index (χ4v) is 3.22. The number of anilines is 2. The molecular formula is C21H27F3N4O3. The van der Waals surface area contributed by atoms with E-state index in [-0.39, 0.29) is 36.4 Å². The molecule has 170 valence electrons. The van der Waals surface area contributed by atoms with Crippen molar-refractivity contribution in [1.82, 2.24) is 9.97 Å². The van der Waals surface area contributed by atoms with Gasteiger partial charge in [0.2, 0.25) is 5.95 Å². The fourth-order valence-electron chi connectivity index (χ4n) is 3.22. The van der Waals surface area contributed by atoms with Crippen LogP contribution in [0.4, 0.5) is 24.9 Å². The van der Waals surface area contributed by atoms with Crippen molar-refractivity contribution in [2.45, 2.75) is 45.2 Å². The first-order chi connectivity index (χ1) is 14.7. The van der Waals surface area contributed by atoms with Crippen molar-refractivity contribution in [3.63, 3.8) is 0 Å². The Bertz CT molecular complexity index is 858. The van der Waals surface area contributed by atoms with Crippen LogP contribution in [0.25, 0.3) is 11.3 Å². The van der Waals surface area contributed by atoms with Gasteiger partial charge in [0.25, 0.3) is 0 Å². The first-order valence-electron chi connectivity index (χ1n) is 10.2. The Balaban J connectivity index is 1.89. The Hall–Kier alpha value is -2.59. The highest BCUT2D eigenvalue weighted by atomic mass is 19.4. The summed E-state index contributed by atoms with van der Waals surface area (Å²) < 4.78 is 47.5. The smallest absolute Gasteiger partial charge is 0.406 e. The molecule has 1 aliphatic rings. The van der Waals surface area contributed by atoms with Crippen molar-refractivity contribution in [2.24, 2.45) is 5.92 Å². The van der Waals surface area contributed by atoms with E-state index in [4.69, 9.17) is 4.74 Å². The second-order valence-electron chi connectivity index (χ2n) is 7.73. The van der Waals surface area contributed by atoms with E-state index in [9.17, 15) is 18.3 Å². The average molecular weight is 440 g/mol. The van der Waals surface area contributed by atoms with E-state index in [1.807, 2.05) is 13.8 Å². The van der Waals surface area contributed by atoms with Crippen LogP contribution >= 0.6 is 0 Å². The Morgan fingerprint density at radius 3 is 2.71 bits per heavy atom. The Morgan fingerprint density at radius 2 is 2.06 bits per heavy atom. The van der Waals surface area contributed by atoms with Gasteiger partial charge >= 0.3 is 6.36 Å². The van der Waals surface area contributed by atoms with Crippen molar-refractivity contribution < 1.29 is 27.8 Å². The maximum atomic E-state index is 12.6. The van der Waals surface area contributed by atoms with E-state index in [2.05, 4.69) is 25.3 Å². The molecule has 1 aliphatic heterocycles. The summed E-state index contributed by atoms with van der Waals surface area (Å²) in [7, 11) is 0. The number of benzene rings is 1. The number of hydrogen-bond acceptors (Lipinski definition) is 7. The van der Waals surface area contributed by atoms with Gasteiger partial charge < -0.3 is 25.2 Å². The van der Waals surface area contributed by atoms with Gasteiger partial charge in [-0.2, -0.15) is 4.98 Å². The third kappa shape index (κ3) is 6.96. The molecule has 2 heterocycles. The third-order valence-electron chi connectivity index (χ3n) is 4.94. The number of aliphatic hydroxyl groups excluding tert-OH is 1. The highest BCUT2D eigenvalue weighted by molar-refractivity contribution is 5.66. The van der Waals surface area contributed by atoms with Gasteiger partial charge in [-0.1, -0.05) is 26.0 Å². The highest BCUT2D eigenvalue weighted by Gasteiger charge is 2.31. The molecule has 1 fully saturated rings. The molecule has 3 N–H and O–H groups in total. The van der Waals surface area contributed by atoms with Gasteiger partial charge in [0.1, 0.15) is 11.6 Å². The van der Waals surface area contributed by atoms with Crippen LogP contribution in [0.5, 0.6) is 5.75 Å². The summed E-state index contributed by atoms with van der Waals surface area (Å²) in [4.78, 5) is 8.91. The van der Waals surface area contributed by atoms with Gasteiger partial charge in [-0.15, -0.1) is 13.2 Å². The van der Waals surface area contributed by atoms with Crippen LogP contribution in [0.15, 0.2) is 30.3 Å². The minimum absolute atomic E-state index is 0.0826. The topological polar surface area (TPSA) is 88.5 Å². The van der Waals surface area contributed by atoms with E-state index in [0.29, 0.717) is 23.6 Å². The number of halogens is 3. The van der Waals surface area contributed by atoms with Crippen LogP contribution in [0.3, 0.4) is 0 Å². The largest absolute Gasteiger partial charge is 0.573 e. The molecule has 31 heavy (non-hydrogen) atoms. The van der Waals surface area contributed by atoms with Crippen LogP contribution in [0, 0.1) is 5.92 Å². The molecule has 0 unspecified atom stereocenters. The van der Waals surface area contributed by atoms with Crippen molar-refractivity contribution >= 4 is 11.8 Å². The molecule has 0 bridgehead atoms.